The average molecular weight is 683 g/mol. The maximum Gasteiger partial charge on any atom is 0.441 e. The van der Waals surface area contributed by atoms with E-state index in [4.69, 9.17) is 4.74 Å². The Kier molecular flexibility index (Phi) is 10.3. The van der Waals surface area contributed by atoms with Crippen LogP contribution in [-0.2, 0) is 31.7 Å². The van der Waals surface area contributed by atoms with Crippen LogP contribution >= 0.6 is 0 Å². The number of benzene rings is 3. The van der Waals surface area contributed by atoms with Crippen LogP contribution in [0.2, 0.25) is 0 Å². The number of carbonyl (C=O) groups excluding carboxylic acids is 2. The standard InChI is InChI=1S/C33H33F3N6O5S/c1-3-47-31(45)42-48(46)26-13-11-25(12-14-26)40-30-37-18-27(28(41-30)38-20(2)19-43)21-7-9-24(10-8-21)39-29(44)32(15-16-32)22-5-4-6-23(17-22)33(34,35)36/h4-14,17-18,20,43,48H,3,15-16,19H2,1-2H3,(H,39,44)(H2,37,38,40,41). The Morgan fingerprint density at radius 2 is 1.75 bits per heavy atom. The summed E-state index contributed by atoms with van der Waals surface area (Å²) >= 11 is 0. The maximum absolute atomic E-state index is 13.3. The molecule has 0 saturated heterocycles. The van der Waals surface area contributed by atoms with E-state index in [-0.39, 0.29) is 31.1 Å². The van der Waals surface area contributed by atoms with Crippen LogP contribution in [0.15, 0.2) is 88.3 Å². The number of hydrogen-bond acceptors (Lipinski definition) is 9. The lowest BCUT2D eigenvalue weighted by Crippen LogP contribution is -2.28. The lowest BCUT2D eigenvalue weighted by atomic mass is 9.93. The van der Waals surface area contributed by atoms with Crippen LogP contribution in [0.4, 0.5) is 41.1 Å². The first-order valence-electron chi connectivity index (χ1n) is 15.0. The van der Waals surface area contributed by atoms with Crippen molar-refractivity contribution in [3.8, 4) is 11.1 Å². The molecule has 0 aliphatic heterocycles. The summed E-state index contributed by atoms with van der Waals surface area (Å²) in [5.74, 6) is 0.272. The minimum atomic E-state index is -4.50. The number of aliphatic hydroxyl groups is 1. The minimum absolute atomic E-state index is 0.125. The van der Waals surface area contributed by atoms with Crippen molar-refractivity contribution in [3.63, 3.8) is 0 Å². The van der Waals surface area contributed by atoms with Gasteiger partial charge in [-0.1, -0.05) is 30.3 Å². The summed E-state index contributed by atoms with van der Waals surface area (Å²) in [4.78, 5) is 34.1. The summed E-state index contributed by atoms with van der Waals surface area (Å²) < 4.78 is 60.4. The summed E-state index contributed by atoms with van der Waals surface area (Å²) in [6.07, 6.45) is -2.91. The third kappa shape index (κ3) is 8.09. The molecule has 1 fully saturated rings. The SMILES string of the molecule is CCOC(=O)N=[SH](=O)c1ccc(Nc2ncc(-c3ccc(NC(=O)C4(c5cccc(C(F)(F)F)c5)CC4)cc3)c(NC(C)CO)n2)cc1. The molecule has 1 saturated carbocycles. The quantitative estimate of drug-likeness (QED) is 0.111. The Morgan fingerprint density at radius 1 is 1.06 bits per heavy atom. The van der Waals surface area contributed by atoms with E-state index in [0.717, 1.165) is 12.1 Å². The smallest absolute Gasteiger partial charge is 0.441 e. The Labute approximate surface area is 276 Å². The number of hydrogen-bond donors (Lipinski definition) is 5. The molecule has 0 bridgehead atoms. The van der Waals surface area contributed by atoms with Crippen molar-refractivity contribution in [2.75, 3.05) is 29.2 Å². The second-order valence-electron chi connectivity index (χ2n) is 11.1. The first-order valence-corrected chi connectivity index (χ1v) is 16.2. The van der Waals surface area contributed by atoms with Gasteiger partial charge in [0.15, 0.2) is 0 Å². The molecule has 3 aromatic carbocycles. The predicted molar refractivity (Wildman–Crippen MR) is 176 cm³/mol. The Hall–Kier alpha value is -5.02. The van der Waals surface area contributed by atoms with Crippen LogP contribution in [-0.4, -0.2) is 50.5 Å². The van der Waals surface area contributed by atoms with Crippen molar-refractivity contribution in [1.29, 1.82) is 0 Å². The lowest BCUT2D eigenvalue weighted by molar-refractivity contribution is -0.137. The molecule has 15 heteroatoms. The van der Waals surface area contributed by atoms with Gasteiger partial charge in [0, 0.05) is 34.1 Å². The van der Waals surface area contributed by atoms with Crippen LogP contribution in [0.5, 0.6) is 0 Å². The highest BCUT2D eigenvalue weighted by atomic mass is 32.2. The second-order valence-corrected chi connectivity index (χ2v) is 12.4. The van der Waals surface area contributed by atoms with E-state index in [1.165, 1.54) is 6.07 Å². The number of amides is 2. The number of nitrogens with one attached hydrogen (secondary N) is 3. The number of carbonyl (C=O) groups is 2. The summed E-state index contributed by atoms with van der Waals surface area (Å²) in [5, 5.41) is 18.7. The zero-order chi connectivity index (χ0) is 34.5. The highest BCUT2D eigenvalue weighted by molar-refractivity contribution is 7.75. The fourth-order valence-electron chi connectivity index (χ4n) is 4.88. The van der Waals surface area contributed by atoms with Crippen molar-refractivity contribution in [3.05, 3.63) is 90.1 Å². The van der Waals surface area contributed by atoms with Gasteiger partial charge in [0.1, 0.15) is 5.82 Å². The van der Waals surface area contributed by atoms with Gasteiger partial charge in [-0.15, -0.1) is 4.36 Å². The van der Waals surface area contributed by atoms with E-state index >= 15 is 0 Å². The van der Waals surface area contributed by atoms with Crippen LogP contribution in [0.3, 0.4) is 0 Å². The number of rotatable bonds is 11. The van der Waals surface area contributed by atoms with Crippen LogP contribution < -0.4 is 16.0 Å². The molecule has 2 amide bonds. The molecule has 5 rings (SSSR count). The van der Waals surface area contributed by atoms with Gasteiger partial charge in [0.2, 0.25) is 11.9 Å². The molecule has 4 N–H and O–H groups in total. The highest BCUT2D eigenvalue weighted by Crippen LogP contribution is 2.50. The number of anilines is 4. The number of ether oxygens (including phenoxy) is 1. The number of halogens is 3. The minimum Gasteiger partial charge on any atom is -0.448 e. The molecule has 11 nitrogen and oxygen atoms in total. The van der Waals surface area contributed by atoms with Gasteiger partial charge >= 0.3 is 12.3 Å². The molecule has 2 atom stereocenters. The number of nitrogens with zero attached hydrogens (tertiary/aromatic N) is 3. The lowest BCUT2D eigenvalue weighted by Gasteiger charge is -2.18. The number of alkyl halides is 3. The van der Waals surface area contributed by atoms with Crippen molar-refractivity contribution in [2.24, 2.45) is 4.36 Å². The monoisotopic (exact) mass is 682 g/mol. The van der Waals surface area contributed by atoms with Gasteiger partial charge in [0.05, 0.1) is 34.8 Å². The summed E-state index contributed by atoms with van der Waals surface area (Å²) in [6, 6.07) is 17.8. The summed E-state index contributed by atoms with van der Waals surface area (Å²) in [5.41, 5.74) is 0.887. The van der Waals surface area contributed by atoms with E-state index in [1.54, 1.807) is 74.6 Å². The van der Waals surface area contributed by atoms with Crippen LogP contribution in [0, 0.1) is 0 Å². The highest BCUT2D eigenvalue weighted by Gasteiger charge is 2.51. The molecule has 1 aliphatic rings. The predicted octanol–water partition coefficient (Wildman–Crippen LogP) is 6.55. The second kappa shape index (κ2) is 14.4. The molecule has 4 aromatic rings. The maximum atomic E-state index is 13.3. The zero-order valence-electron chi connectivity index (χ0n) is 25.9. The van der Waals surface area contributed by atoms with Gasteiger partial charge in [0.25, 0.3) is 0 Å². The van der Waals surface area contributed by atoms with Gasteiger partial charge in [-0.2, -0.15) is 18.2 Å². The molecule has 0 spiro atoms. The third-order valence-corrected chi connectivity index (χ3v) is 8.70. The van der Waals surface area contributed by atoms with Crippen molar-refractivity contribution < 1.29 is 36.8 Å². The molecule has 0 radical (unpaired) electrons. The van der Waals surface area contributed by atoms with E-state index in [9.17, 15) is 32.1 Å². The van der Waals surface area contributed by atoms with Gasteiger partial charge in [-0.25, -0.2) is 14.0 Å². The molecule has 1 aromatic heterocycles. The fourth-order valence-corrected chi connectivity index (χ4v) is 5.60. The van der Waals surface area contributed by atoms with E-state index in [0.29, 0.717) is 51.6 Å². The third-order valence-electron chi connectivity index (χ3n) is 7.61. The summed E-state index contributed by atoms with van der Waals surface area (Å²) in [7, 11) is -2.32. The Balaban J connectivity index is 1.31. The molecule has 1 aliphatic carbocycles. The van der Waals surface area contributed by atoms with E-state index in [2.05, 4.69) is 30.3 Å². The molecule has 1 heterocycles. The molecule has 48 heavy (non-hydrogen) atoms. The number of aliphatic hydroxyl groups excluding tert-OH is 1. The Bertz CT molecular complexity index is 1880. The molecular weight excluding hydrogens is 649 g/mol. The van der Waals surface area contributed by atoms with Gasteiger partial charge < -0.3 is 25.8 Å². The number of thiol groups is 1. The van der Waals surface area contributed by atoms with E-state index < -0.39 is 33.8 Å². The summed E-state index contributed by atoms with van der Waals surface area (Å²) in [6.45, 7) is 3.36. The average Bonchev–Trinajstić information content (AvgIpc) is 3.88. The fraction of sp³-hybridized carbons (Fsp3) is 0.273. The molecule has 2 unspecified atom stereocenters. The van der Waals surface area contributed by atoms with Crippen LogP contribution in [0.25, 0.3) is 11.1 Å². The van der Waals surface area contributed by atoms with Crippen molar-refractivity contribution >= 4 is 45.7 Å². The van der Waals surface area contributed by atoms with Gasteiger partial charge in [-0.3, -0.25) is 4.79 Å². The first kappa shape index (κ1) is 34.3. The largest absolute Gasteiger partial charge is 0.448 e. The van der Waals surface area contributed by atoms with Crippen LogP contribution in [0.1, 0.15) is 37.8 Å². The topological polar surface area (TPSA) is 155 Å². The molecular formula is C33H33F3N6O5S. The molecule has 252 valence electrons. The number of aromatic nitrogens is 2. The first-order chi connectivity index (χ1) is 22.9. The van der Waals surface area contributed by atoms with Crippen molar-refractivity contribution in [1.82, 2.24) is 9.97 Å². The zero-order valence-corrected chi connectivity index (χ0v) is 26.8. The normalized spacial score (nSPS) is 14.9. The Morgan fingerprint density at radius 3 is 2.38 bits per heavy atom. The van der Waals surface area contributed by atoms with E-state index in [1.807, 2.05) is 0 Å². The van der Waals surface area contributed by atoms with Gasteiger partial charge in [-0.05, 0) is 80.3 Å². The van der Waals surface area contributed by atoms with Crippen molar-refractivity contribution in [2.45, 2.75) is 49.2 Å².